The Labute approximate surface area is 235 Å². The van der Waals surface area contributed by atoms with Crippen LogP contribution in [0.15, 0.2) is 43.5 Å². The van der Waals surface area contributed by atoms with Crippen molar-refractivity contribution in [3.8, 4) is 0 Å². The molecule has 0 aliphatic carbocycles. The number of nitrogens with one attached hydrogen (secondary N) is 2. The van der Waals surface area contributed by atoms with E-state index in [1.807, 2.05) is 13.8 Å². The fraction of sp³-hybridized carbons (Fsp3) is 0.630. The van der Waals surface area contributed by atoms with Crippen molar-refractivity contribution in [1.29, 1.82) is 0 Å². The third-order valence-electron chi connectivity index (χ3n) is 8.15. The van der Waals surface area contributed by atoms with Crippen molar-refractivity contribution < 1.29 is 9.59 Å². The van der Waals surface area contributed by atoms with Gasteiger partial charge in [-0.05, 0) is 32.1 Å². The van der Waals surface area contributed by atoms with Crippen LogP contribution in [0.3, 0.4) is 0 Å². The Bertz CT molecular complexity index is 1540. The minimum absolute atomic E-state index is 0.171. The quantitative estimate of drug-likeness (QED) is 0.419. The summed E-state index contributed by atoms with van der Waals surface area (Å²) in [6.45, 7) is 8.02. The van der Waals surface area contributed by atoms with Gasteiger partial charge in [-0.1, -0.05) is 51.0 Å². The van der Waals surface area contributed by atoms with Crippen LogP contribution in [-0.2, 0) is 22.7 Å². The van der Waals surface area contributed by atoms with Gasteiger partial charge in [-0.25, -0.2) is 47.0 Å². The summed E-state index contributed by atoms with van der Waals surface area (Å²) in [5.41, 5.74) is -2.62. The van der Waals surface area contributed by atoms with Gasteiger partial charge in [0.2, 0.25) is 11.8 Å². The van der Waals surface area contributed by atoms with Gasteiger partial charge in [-0.15, -0.1) is 0 Å². The zero-order valence-corrected chi connectivity index (χ0v) is 23.9. The van der Waals surface area contributed by atoms with E-state index in [9.17, 15) is 28.8 Å². The maximum Gasteiger partial charge on any atom is 0.348 e. The molecule has 0 saturated heterocycles. The second kappa shape index (κ2) is 10.7. The molecule has 4 bridgehead atoms. The van der Waals surface area contributed by atoms with Crippen LogP contribution < -0.4 is 33.4 Å². The van der Waals surface area contributed by atoms with Gasteiger partial charge in [0, 0.05) is 26.2 Å². The summed E-state index contributed by atoms with van der Waals surface area (Å²) in [5.74, 6) is -0.875. The number of aromatic nitrogens is 6. The number of nitrogens with zero attached hydrogens (tertiary/aromatic N) is 6. The maximum atomic E-state index is 13.3. The number of carbonyl (C=O) groups excluding carboxylic acids is 2. The lowest BCUT2D eigenvalue weighted by Crippen LogP contribution is -2.48. The molecule has 2 amide bonds. The first-order valence-corrected chi connectivity index (χ1v) is 14.2. The Kier molecular flexibility index (Phi) is 7.43. The summed E-state index contributed by atoms with van der Waals surface area (Å²) in [5, 5.41) is 5.73. The Hall–Kier alpha value is -4.10. The van der Waals surface area contributed by atoms with Gasteiger partial charge in [0.05, 0.1) is 12.1 Å². The highest BCUT2D eigenvalue weighted by Crippen LogP contribution is 2.21. The molecular weight excluding hydrogens is 532 g/mol. The molecule has 5 rings (SSSR count). The largest absolute Gasteiger partial charge is 0.353 e. The van der Waals surface area contributed by atoms with Crippen LogP contribution >= 0.6 is 0 Å². The molecule has 14 nitrogen and oxygen atoms in total. The average Bonchev–Trinajstić information content (AvgIpc) is 3.33. The minimum Gasteiger partial charge on any atom is -0.353 e. The van der Waals surface area contributed by atoms with Gasteiger partial charge < -0.3 is 10.6 Å². The van der Waals surface area contributed by atoms with Gasteiger partial charge in [0.25, 0.3) is 0 Å². The highest BCUT2D eigenvalue weighted by atomic mass is 16.2. The molecular formula is C27H38N8O6. The molecule has 3 aliphatic rings. The van der Waals surface area contributed by atoms with E-state index in [0.717, 1.165) is 0 Å². The van der Waals surface area contributed by atoms with E-state index >= 15 is 0 Å². The molecule has 4 atom stereocenters. The van der Waals surface area contributed by atoms with Crippen LogP contribution in [0.1, 0.15) is 77.5 Å². The number of hydrogen-bond acceptors (Lipinski definition) is 6. The van der Waals surface area contributed by atoms with Gasteiger partial charge in [0.15, 0.2) is 12.1 Å². The number of hydrogen-bond donors (Lipinski definition) is 2. The lowest BCUT2D eigenvalue weighted by atomic mass is 9.93. The van der Waals surface area contributed by atoms with Gasteiger partial charge in [-0.3, -0.25) is 9.59 Å². The van der Waals surface area contributed by atoms with E-state index in [1.54, 1.807) is 38.2 Å². The molecule has 2 aromatic heterocycles. The predicted octanol–water partition coefficient (Wildman–Crippen LogP) is -0.187. The normalized spacial score (nSPS) is 26.6. The third kappa shape index (κ3) is 4.99. The van der Waals surface area contributed by atoms with E-state index < -0.39 is 52.1 Å². The zero-order valence-electron chi connectivity index (χ0n) is 23.9. The molecule has 0 fully saturated rings. The summed E-state index contributed by atoms with van der Waals surface area (Å²) >= 11 is 0. The highest BCUT2D eigenvalue weighted by molar-refractivity contribution is 5.83. The summed E-state index contributed by atoms with van der Waals surface area (Å²) in [6.07, 6.45) is 9.15. The van der Waals surface area contributed by atoms with Crippen LogP contribution in [-0.4, -0.2) is 52.8 Å². The zero-order chi connectivity index (χ0) is 29.6. The minimum atomic E-state index is -0.978. The fourth-order valence-electron chi connectivity index (χ4n) is 5.73. The van der Waals surface area contributed by atoms with Crippen molar-refractivity contribution >= 4 is 11.8 Å². The molecule has 2 aromatic rings. The Morgan fingerprint density at radius 3 is 1.34 bits per heavy atom. The highest BCUT2D eigenvalue weighted by Gasteiger charge is 2.34. The van der Waals surface area contributed by atoms with Crippen molar-refractivity contribution in [1.82, 2.24) is 38.5 Å². The second-order valence-corrected chi connectivity index (χ2v) is 12.0. The fourth-order valence-corrected chi connectivity index (χ4v) is 5.73. The van der Waals surface area contributed by atoms with Crippen LogP contribution in [0.5, 0.6) is 0 Å². The first-order chi connectivity index (χ1) is 19.4. The van der Waals surface area contributed by atoms with Gasteiger partial charge in [-0.2, -0.15) is 0 Å². The van der Waals surface area contributed by atoms with Gasteiger partial charge >= 0.3 is 22.8 Å². The molecule has 5 heterocycles. The summed E-state index contributed by atoms with van der Waals surface area (Å²) in [7, 11) is 0. The molecule has 0 unspecified atom stereocenters. The van der Waals surface area contributed by atoms with Crippen molar-refractivity contribution in [3.05, 3.63) is 66.2 Å². The molecule has 41 heavy (non-hydrogen) atoms. The monoisotopic (exact) mass is 570 g/mol. The smallest absolute Gasteiger partial charge is 0.348 e. The van der Waals surface area contributed by atoms with Crippen molar-refractivity contribution in [2.45, 2.75) is 90.6 Å². The number of fused-ring (bicyclic) bond motifs is 2. The summed E-state index contributed by atoms with van der Waals surface area (Å²) in [6, 6.07) is -2.73. The first kappa shape index (κ1) is 28.4. The maximum absolute atomic E-state index is 13.3. The van der Waals surface area contributed by atoms with E-state index in [0.29, 0.717) is 25.7 Å². The van der Waals surface area contributed by atoms with Crippen LogP contribution in [0.2, 0.25) is 0 Å². The molecule has 2 N–H and O–H groups in total. The molecule has 0 spiro atoms. The van der Waals surface area contributed by atoms with E-state index in [-0.39, 0.29) is 38.3 Å². The third-order valence-corrected chi connectivity index (χ3v) is 8.15. The Morgan fingerprint density at radius 1 is 0.585 bits per heavy atom. The lowest BCUT2D eigenvalue weighted by Gasteiger charge is -2.29. The average molecular weight is 571 g/mol. The summed E-state index contributed by atoms with van der Waals surface area (Å²) in [4.78, 5) is 79.5. The second-order valence-electron chi connectivity index (χ2n) is 12.0. The topological polar surface area (TPSA) is 156 Å². The standard InChI is InChI=1S/C27H38N8O6/c1-17-9-11-19-21(36)28-15-27(3,4)16-29-22(37)20-12-10-18(2)33-24(39)31(26(41)35(20)33)14-8-6-5-7-13-30-23(38)32(17)34(19)25(30)40/h9-12,17-20H,5-8,13-16H2,1-4H3,(H,28,36)(H,29,37)/t17-,18-,19-,20-/m1/s1. The van der Waals surface area contributed by atoms with E-state index in [4.69, 9.17) is 0 Å². The summed E-state index contributed by atoms with van der Waals surface area (Å²) < 4.78 is 7.41. The van der Waals surface area contributed by atoms with Gasteiger partial charge in [0.1, 0.15) is 0 Å². The van der Waals surface area contributed by atoms with E-state index in [1.165, 1.54) is 27.9 Å². The molecule has 222 valence electrons. The van der Waals surface area contributed by atoms with Crippen molar-refractivity contribution in [2.24, 2.45) is 5.41 Å². The first-order valence-electron chi connectivity index (χ1n) is 14.2. The molecule has 0 radical (unpaired) electrons. The van der Waals surface area contributed by atoms with Crippen molar-refractivity contribution in [2.75, 3.05) is 13.1 Å². The van der Waals surface area contributed by atoms with E-state index in [2.05, 4.69) is 10.6 Å². The number of amides is 2. The Balaban J connectivity index is 1.47. The van der Waals surface area contributed by atoms with Crippen LogP contribution in [0.25, 0.3) is 0 Å². The Morgan fingerprint density at radius 2 is 0.951 bits per heavy atom. The SMILES string of the molecule is C[C@@H]1C=C[C@@H]2C(=O)NCC(C)(C)CNC(=O)[C@H]3C=C[C@@H](C)n4c(=O)n(c(=O)n43)CCCCCCn3c(=O)n1n2c3=O. The lowest BCUT2D eigenvalue weighted by molar-refractivity contribution is -0.124. The predicted molar refractivity (Wildman–Crippen MR) is 150 cm³/mol. The number of carbonyl (C=O) groups is 2. The molecule has 14 heteroatoms. The van der Waals surface area contributed by atoms with Crippen LogP contribution in [0, 0.1) is 5.41 Å². The van der Waals surface area contributed by atoms with Crippen molar-refractivity contribution in [3.63, 3.8) is 0 Å². The number of rotatable bonds is 0. The molecule has 0 aromatic carbocycles. The number of allylic oxidation sites excluding steroid dienone is 2. The molecule has 0 saturated carbocycles. The molecule has 3 aliphatic heterocycles. The van der Waals surface area contributed by atoms with Crippen LogP contribution in [0.4, 0.5) is 0 Å².